The van der Waals surface area contributed by atoms with Gasteiger partial charge < -0.3 is 5.11 Å². The van der Waals surface area contributed by atoms with E-state index >= 15 is 0 Å². The van der Waals surface area contributed by atoms with Crippen molar-refractivity contribution < 1.29 is 41.8 Å². The number of hydroxylamine groups is 2. The second-order valence-electron chi connectivity index (χ2n) is 8.52. The number of carboxylic acid groups (broad SMARTS) is 1. The number of aliphatic carboxylic acids is 1. The zero-order chi connectivity index (χ0) is 22.3. The van der Waals surface area contributed by atoms with Crippen molar-refractivity contribution in [3.63, 3.8) is 0 Å². The van der Waals surface area contributed by atoms with Gasteiger partial charge in [-0.2, -0.15) is 8.42 Å². The summed E-state index contributed by atoms with van der Waals surface area (Å²) in [7, 11) is -4.08. The highest BCUT2D eigenvalue weighted by atomic mass is 32.2. The highest BCUT2D eigenvalue weighted by Gasteiger charge is 2.57. The number of imide groups is 2. The van der Waals surface area contributed by atoms with E-state index in [0.717, 1.165) is 0 Å². The van der Waals surface area contributed by atoms with Crippen LogP contribution in [0.3, 0.4) is 0 Å². The van der Waals surface area contributed by atoms with Gasteiger partial charge in [-0.1, -0.05) is 6.92 Å². The molecule has 2 saturated heterocycles. The van der Waals surface area contributed by atoms with Crippen LogP contribution in [0.15, 0.2) is 0 Å². The molecule has 12 heteroatoms. The fourth-order valence-electron chi connectivity index (χ4n) is 4.86. The van der Waals surface area contributed by atoms with Crippen LogP contribution in [0.2, 0.25) is 0 Å². The van der Waals surface area contributed by atoms with Gasteiger partial charge in [-0.15, -0.1) is 9.35 Å². The Morgan fingerprint density at radius 2 is 1.67 bits per heavy atom. The zero-order valence-corrected chi connectivity index (χ0v) is 17.3. The first kappa shape index (κ1) is 22.3. The number of carbonyl (C=O) groups is 5. The van der Waals surface area contributed by atoms with Crippen molar-refractivity contribution in [1.29, 1.82) is 0 Å². The molecule has 2 aliphatic heterocycles. The number of hydrogen-bond donors (Lipinski definition) is 2. The van der Waals surface area contributed by atoms with E-state index in [1.54, 1.807) is 0 Å². The second-order valence-corrected chi connectivity index (χ2v) is 10.3. The van der Waals surface area contributed by atoms with Crippen LogP contribution in [0.1, 0.15) is 58.3 Å². The maximum absolute atomic E-state index is 12.4. The SMILES string of the molecule is CC1(CC(=O)O)CC2CC1CC2S(=O)(=O)ON1C(=O)CCC1=O.O=C1CCC(=O)N1. The van der Waals surface area contributed by atoms with Gasteiger partial charge in [0.05, 0.1) is 11.7 Å². The van der Waals surface area contributed by atoms with Gasteiger partial charge in [0.2, 0.25) is 11.8 Å². The van der Waals surface area contributed by atoms with Gasteiger partial charge in [0.25, 0.3) is 21.9 Å². The summed E-state index contributed by atoms with van der Waals surface area (Å²) in [6, 6.07) is 0. The number of carbonyl (C=O) groups excluding carboxylic acids is 4. The molecule has 2 saturated carbocycles. The van der Waals surface area contributed by atoms with E-state index in [2.05, 4.69) is 5.32 Å². The van der Waals surface area contributed by atoms with Gasteiger partial charge >= 0.3 is 5.97 Å². The lowest BCUT2D eigenvalue weighted by Gasteiger charge is -2.35. The smallest absolute Gasteiger partial charge is 0.303 e. The summed E-state index contributed by atoms with van der Waals surface area (Å²) < 4.78 is 29.6. The molecule has 0 radical (unpaired) electrons. The molecule has 0 aromatic carbocycles. The summed E-state index contributed by atoms with van der Waals surface area (Å²) in [6.07, 6.45) is 2.14. The first-order valence-corrected chi connectivity index (χ1v) is 11.2. The molecular formula is C18H24N2O9S. The summed E-state index contributed by atoms with van der Waals surface area (Å²) in [5.41, 5.74) is -0.401. The van der Waals surface area contributed by atoms with E-state index in [1.165, 1.54) is 0 Å². The Labute approximate surface area is 173 Å². The zero-order valence-electron chi connectivity index (χ0n) is 16.5. The molecule has 2 aliphatic carbocycles. The van der Waals surface area contributed by atoms with Crippen LogP contribution in [-0.4, -0.2) is 53.4 Å². The molecule has 4 unspecified atom stereocenters. The van der Waals surface area contributed by atoms with E-state index in [9.17, 15) is 32.4 Å². The number of fused-ring (bicyclic) bond motifs is 2. The van der Waals surface area contributed by atoms with E-state index < -0.39 is 38.6 Å². The van der Waals surface area contributed by atoms with Gasteiger partial charge in [0.1, 0.15) is 0 Å². The molecule has 4 aliphatic rings. The molecule has 4 fully saturated rings. The molecule has 2 N–H and O–H groups in total. The van der Waals surface area contributed by atoms with Crippen LogP contribution >= 0.6 is 0 Å². The number of nitrogens with one attached hydrogen (secondary N) is 1. The predicted octanol–water partition coefficient (Wildman–Crippen LogP) is 0.0993. The molecule has 4 amide bonds. The number of rotatable bonds is 5. The van der Waals surface area contributed by atoms with Crippen LogP contribution in [0.5, 0.6) is 0 Å². The van der Waals surface area contributed by atoms with Crippen LogP contribution in [0.4, 0.5) is 0 Å². The van der Waals surface area contributed by atoms with E-state index in [4.69, 9.17) is 9.39 Å². The van der Waals surface area contributed by atoms with Gasteiger partial charge in [-0.05, 0) is 36.5 Å². The lowest BCUT2D eigenvalue weighted by molar-refractivity contribution is -0.164. The second kappa shape index (κ2) is 8.06. The molecular weight excluding hydrogens is 420 g/mol. The Kier molecular flexibility index (Phi) is 6.01. The fourth-order valence-corrected chi connectivity index (χ4v) is 6.49. The van der Waals surface area contributed by atoms with E-state index in [1.807, 2.05) is 6.92 Å². The van der Waals surface area contributed by atoms with Gasteiger partial charge in [0.15, 0.2) is 0 Å². The summed E-state index contributed by atoms with van der Waals surface area (Å²) in [5.74, 6) is -2.66. The first-order chi connectivity index (χ1) is 13.9. The molecule has 2 bridgehead atoms. The van der Waals surface area contributed by atoms with Gasteiger partial charge in [0, 0.05) is 25.7 Å². The Bertz CT molecular complexity index is 869. The summed E-state index contributed by atoms with van der Waals surface area (Å²) in [5, 5.41) is 10.7. The van der Waals surface area contributed by atoms with Gasteiger partial charge in [-0.3, -0.25) is 29.3 Å². The van der Waals surface area contributed by atoms with Crippen LogP contribution < -0.4 is 5.32 Å². The van der Waals surface area contributed by atoms with Crippen molar-refractivity contribution >= 4 is 39.7 Å². The quantitative estimate of drug-likeness (QED) is 0.559. The number of carboxylic acids is 1. The van der Waals surface area contributed by atoms with Crippen molar-refractivity contribution in [3.8, 4) is 0 Å². The molecule has 0 aromatic heterocycles. The average molecular weight is 444 g/mol. The predicted molar refractivity (Wildman–Crippen MR) is 98.5 cm³/mol. The summed E-state index contributed by atoms with van der Waals surface area (Å²) in [6.45, 7) is 1.88. The van der Waals surface area contributed by atoms with Crippen molar-refractivity contribution in [2.75, 3.05) is 0 Å². The highest BCUT2D eigenvalue weighted by Crippen LogP contribution is 2.59. The lowest BCUT2D eigenvalue weighted by atomic mass is 9.72. The van der Waals surface area contributed by atoms with Crippen LogP contribution in [0.25, 0.3) is 0 Å². The summed E-state index contributed by atoms with van der Waals surface area (Å²) in [4.78, 5) is 54.3. The minimum absolute atomic E-state index is 0.00282. The Hall–Kier alpha value is -2.34. The Morgan fingerprint density at radius 3 is 2.07 bits per heavy atom. The van der Waals surface area contributed by atoms with Crippen LogP contribution in [0, 0.1) is 17.3 Å². The van der Waals surface area contributed by atoms with Crippen molar-refractivity contribution in [3.05, 3.63) is 0 Å². The maximum Gasteiger partial charge on any atom is 0.303 e. The molecule has 4 rings (SSSR count). The first-order valence-electron chi connectivity index (χ1n) is 9.75. The monoisotopic (exact) mass is 444 g/mol. The molecule has 30 heavy (non-hydrogen) atoms. The third-order valence-electron chi connectivity index (χ3n) is 6.31. The summed E-state index contributed by atoms with van der Waals surface area (Å²) >= 11 is 0. The molecule has 166 valence electrons. The maximum atomic E-state index is 12.4. The number of hydrogen-bond acceptors (Lipinski definition) is 8. The average Bonchev–Trinajstić information content (AvgIpc) is 3.36. The third-order valence-corrected chi connectivity index (χ3v) is 7.99. The Morgan fingerprint density at radius 1 is 1.10 bits per heavy atom. The topological polar surface area (TPSA) is 164 Å². The van der Waals surface area contributed by atoms with Crippen LogP contribution in [-0.2, 0) is 38.4 Å². The molecule has 4 atom stereocenters. The van der Waals surface area contributed by atoms with Crippen molar-refractivity contribution in [2.45, 2.75) is 63.5 Å². The van der Waals surface area contributed by atoms with E-state index in [-0.39, 0.29) is 42.9 Å². The standard InChI is InChI=1S/C14H19NO7S.C4H5NO2/c1-14(7-13(18)19)6-8-4-9(14)5-10(8)23(20,21)22-15-11(16)2-3-12(15)17;6-3-1-2-4(7)5-3/h8-10H,2-7H2,1H3,(H,18,19);1-2H2,(H,5,6,7). The third kappa shape index (κ3) is 4.53. The molecule has 11 nitrogen and oxygen atoms in total. The number of amides is 4. The molecule has 0 aromatic rings. The van der Waals surface area contributed by atoms with Gasteiger partial charge in [-0.25, -0.2) is 0 Å². The van der Waals surface area contributed by atoms with E-state index in [0.29, 0.717) is 37.2 Å². The minimum Gasteiger partial charge on any atom is -0.481 e. The minimum atomic E-state index is -4.08. The molecule has 2 heterocycles. The largest absolute Gasteiger partial charge is 0.481 e. The Balaban J connectivity index is 0.000000310. The molecule has 0 spiro atoms. The fraction of sp³-hybridized carbons (Fsp3) is 0.722. The lowest BCUT2D eigenvalue weighted by Crippen LogP contribution is -2.41. The van der Waals surface area contributed by atoms with Crippen molar-refractivity contribution in [2.24, 2.45) is 17.3 Å². The highest BCUT2D eigenvalue weighted by molar-refractivity contribution is 7.87. The van der Waals surface area contributed by atoms with Crippen molar-refractivity contribution in [1.82, 2.24) is 10.4 Å². The number of nitrogens with zero attached hydrogens (tertiary/aromatic N) is 1. The normalized spacial score (nSPS) is 33.0.